The minimum atomic E-state index is -0.233. The standard InChI is InChI=1S/C18H35NO2S.C8H16N2O2S2/c1-4-5-6-7-8-9-10-11-12-17(15(2)20)13-19-18(14-22)16(3)21;11-3-7(5-13)9-1-2-10-8(4-12)6-14/h17-19,22H,4-14H2,1-3H3;3-4,7-10,13-14H,1-2,5-6H2/t17?,18-;7-,8-/m01/s1. The molecule has 0 heterocycles. The number of nitrogens with one attached hydrogen (secondary N) is 3. The van der Waals surface area contributed by atoms with Gasteiger partial charge in [-0.3, -0.25) is 9.59 Å². The Morgan fingerprint density at radius 1 is 0.694 bits per heavy atom. The van der Waals surface area contributed by atoms with Crippen LogP contribution in [0.4, 0.5) is 0 Å². The average Bonchev–Trinajstić information content (AvgIpc) is 2.87. The molecule has 0 bridgehead atoms. The Morgan fingerprint density at radius 3 is 1.53 bits per heavy atom. The first-order valence-corrected chi connectivity index (χ1v) is 15.1. The molecule has 0 aromatic carbocycles. The molecule has 0 saturated carbocycles. The summed E-state index contributed by atoms with van der Waals surface area (Å²) in [5.41, 5.74) is 0. The fourth-order valence-electron chi connectivity index (χ4n) is 3.42. The number of Topliss-reactive ketones (excluding diaryl/α,β-unsaturated/α-hetero) is 2. The van der Waals surface area contributed by atoms with Crippen molar-refractivity contribution in [2.75, 3.05) is 36.9 Å². The molecular formula is C26H51N3O4S3. The Morgan fingerprint density at radius 2 is 1.17 bits per heavy atom. The molecule has 0 fully saturated rings. The minimum Gasteiger partial charge on any atom is -0.306 e. The van der Waals surface area contributed by atoms with Crippen LogP contribution < -0.4 is 16.0 Å². The van der Waals surface area contributed by atoms with Crippen LogP contribution in [0.15, 0.2) is 0 Å². The fourth-order valence-corrected chi connectivity index (χ4v) is 4.24. The van der Waals surface area contributed by atoms with E-state index in [1.54, 1.807) is 13.8 Å². The Balaban J connectivity index is 0. The van der Waals surface area contributed by atoms with Gasteiger partial charge < -0.3 is 25.5 Å². The largest absolute Gasteiger partial charge is 0.306 e. The zero-order chi connectivity index (χ0) is 27.6. The summed E-state index contributed by atoms with van der Waals surface area (Å²) in [5, 5.41) is 9.13. The molecule has 0 amide bonds. The second-order valence-electron chi connectivity index (χ2n) is 9.08. The van der Waals surface area contributed by atoms with Crippen LogP contribution in [0.25, 0.3) is 0 Å². The van der Waals surface area contributed by atoms with Gasteiger partial charge in [0, 0.05) is 42.8 Å². The molecule has 0 aliphatic heterocycles. The number of ketones is 2. The van der Waals surface area contributed by atoms with E-state index >= 15 is 0 Å². The average molecular weight is 566 g/mol. The molecule has 10 heteroatoms. The van der Waals surface area contributed by atoms with E-state index in [-0.39, 0.29) is 35.6 Å². The van der Waals surface area contributed by atoms with Crippen LogP contribution in [-0.2, 0) is 19.2 Å². The molecule has 0 aromatic heterocycles. The van der Waals surface area contributed by atoms with Gasteiger partial charge in [-0.2, -0.15) is 37.9 Å². The van der Waals surface area contributed by atoms with Gasteiger partial charge in [-0.05, 0) is 20.3 Å². The maximum Gasteiger partial charge on any atom is 0.147 e. The molecule has 212 valence electrons. The number of rotatable bonds is 24. The second kappa shape index (κ2) is 27.6. The highest BCUT2D eigenvalue weighted by Crippen LogP contribution is 2.14. The lowest BCUT2D eigenvalue weighted by molar-refractivity contribution is -0.122. The predicted octanol–water partition coefficient (Wildman–Crippen LogP) is 3.36. The highest BCUT2D eigenvalue weighted by atomic mass is 32.1. The van der Waals surface area contributed by atoms with E-state index in [2.05, 4.69) is 60.8 Å². The first-order chi connectivity index (χ1) is 17.3. The van der Waals surface area contributed by atoms with Gasteiger partial charge in [0.1, 0.15) is 24.1 Å². The SMILES string of the molecule is CCCCCCCCCCC(CN[C@@H](CS)C(C)=O)C(C)=O.O=C[C@H](CS)NCCN[C@H](C=O)CS. The Bertz CT molecular complexity index is 553. The van der Waals surface area contributed by atoms with Crippen molar-refractivity contribution in [1.82, 2.24) is 16.0 Å². The summed E-state index contributed by atoms with van der Waals surface area (Å²) in [6, 6.07) is -0.666. The Kier molecular flexibility index (Phi) is 29.0. The van der Waals surface area contributed by atoms with E-state index in [4.69, 9.17) is 0 Å². The van der Waals surface area contributed by atoms with Crippen LogP contribution in [0.2, 0.25) is 0 Å². The monoisotopic (exact) mass is 565 g/mol. The molecule has 0 spiro atoms. The summed E-state index contributed by atoms with van der Waals surface area (Å²) < 4.78 is 0. The van der Waals surface area contributed by atoms with Crippen molar-refractivity contribution in [2.24, 2.45) is 5.92 Å². The molecule has 0 rings (SSSR count). The van der Waals surface area contributed by atoms with Crippen molar-refractivity contribution in [3.05, 3.63) is 0 Å². The molecule has 0 aromatic rings. The summed E-state index contributed by atoms with van der Waals surface area (Å²) in [4.78, 5) is 43.8. The van der Waals surface area contributed by atoms with Crippen molar-refractivity contribution in [1.29, 1.82) is 0 Å². The maximum atomic E-state index is 11.7. The van der Waals surface area contributed by atoms with Crippen molar-refractivity contribution < 1.29 is 19.2 Å². The predicted molar refractivity (Wildman–Crippen MR) is 161 cm³/mol. The smallest absolute Gasteiger partial charge is 0.147 e. The van der Waals surface area contributed by atoms with E-state index in [9.17, 15) is 19.2 Å². The van der Waals surface area contributed by atoms with Crippen LogP contribution in [0.1, 0.15) is 78.6 Å². The molecule has 7 nitrogen and oxygen atoms in total. The Hall–Kier alpha value is -0.390. The topological polar surface area (TPSA) is 104 Å². The highest BCUT2D eigenvalue weighted by molar-refractivity contribution is 7.80. The molecule has 4 atom stereocenters. The van der Waals surface area contributed by atoms with Crippen LogP contribution in [-0.4, -0.2) is 79.2 Å². The van der Waals surface area contributed by atoms with Gasteiger partial charge in [0.15, 0.2) is 0 Å². The zero-order valence-electron chi connectivity index (χ0n) is 22.5. The Labute approximate surface area is 236 Å². The molecule has 0 saturated heterocycles. The minimum absolute atomic E-state index is 0.0295. The first kappa shape index (κ1) is 37.8. The van der Waals surface area contributed by atoms with Crippen LogP contribution in [0.5, 0.6) is 0 Å². The lowest BCUT2D eigenvalue weighted by Crippen LogP contribution is -2.41. The normalized spacial score (nSPS) is 14.2. The van der Waals surface area contributed by atoms with Gasteiger partial charge in [-0.1, -0.05) is 58.3 Å². The number of carbonyl (C=O) groups is 4. The third kappa shape index (κ3) is 22.8. The molecule has 36 heavy (non-hydrogen) atoms. The molecule has 3 N–H and O–H groups in total. The van der Waals surface area contributed by atoms with Gasteiger partial charge >= 0.3 is 0 Å². The summed E-state index contributed by atoms with van der Waals surface area (Å²) in [5.74, 6) is 1.78. The zero-order valence-corrected chi connectivity index (χ0v) is 25.2. The summed E-state index contributed by atoms with van der Waals surface area (Å²) >= 11 is 12.2. The van der Waals surface area contributed by atoms with Crippen molar-refractivity contribution in [3.8, 4) is 0 Å². The van der Waals surface area contributed by atoms with E-state index in [0.29, 0.717) is 36.9 Å². The third-order valence-electron chi connectivity index (χ3n) is 5.92. The number of thiol groups is 3. The third-order valence-corrected chi connectivity index (χ3v) is 7.08. The quantitative estimate of drug-likeness (QED) is 0.0606. The second-order valence-corrected chi connectivity index (χ2v) is 10.2. The van der Waals surface area contributed by atoms with Crippen LogP contribution in [0.3, 0.4) is 0 Å². The number of hydrogen-bond acceptors (Lipinski definition) is 10. The summed E-state index contributed by atoms with van der Waals surface area (Å²) in [6.45, 7) is 7.30. The van der Waals surface area contributed by atoms with Gasteiger partial charge in [-0.25, -0.2) is 0 Å². The van der Waals surface area contributed by atoms with E-state index in [1.807, 2.05) is 0 Å². The van der Waals surface area contributed by atoms with Gasteiger partial charge in [-0.15, -0.1) is 0 Å². The lowest BCUT2D eigenvalue weighted by atomic mass is 9.96. The number of unbranched alkanes of at least 4 members (excludes halogenated alkanes) is 7. The lowest BCUT2D eigenvalue weighted by Gasteiger charge is -2.18. The van der Waals surface area contributed by atoms with Crippen molar-refractivity contribution in [2.45, 2.75) is 96.7 Å². The van der Waals surface area contributed by atoms with E-state index in [1.165, 1.54) is 44.9 Å². The first-order valence-electron chi connectivity index (χ1n) is 13.2. The fraction of sp³-hybridized carbons (Fsp3) is 0.846. The highest BCUT2D eigenvalue weighted by Gasteiger charge is 2.18. The van der Waals surface area contributed by atoms with Crippen LogP contribution >= 0.6 is 37.9 Å². The molecule has 0 aliphatic carbocycles. The van der Waals surface area contributed by atoms with Gasteiger partial charge in [0.2, 0.25) is 0 Å². The maximum absolute atomic E-state index is 11.7. The van der Waals surface area contributed by atoms with Gasteiger partial charge in [0.05, 0.1) is 18.1 Å². The van der Waals surface area contributed by atoms with Gasteiger partial charge in [0.25, 0.3) is 0 Å². The number of aldehydes is 2. The summed E-state index contributed by atoms with van der Waals surface area (Å²) in [7, 11) is 0. The molecular weight excluding hydrogens is 515 g/mol. The summed E-state index contributed by atoms with van der Waals surface area (Å²) in [6.07, 6.45) is 12.8. The van der Waals surface area contributed by atoms with E-state index < -0.39 is 0 Å². The molecule has 0 radical (unpaired) electrons. The van der Waals surface area contributed by atoms with Crippen LogP contribution in [0, 0.1) is 5.92 Å². The molecule has 0 aliphatic rings. The number of hydrogen-bond donors (Lipinski definition) is 6. The van der Waals surface area contributed by atoms with Crippen molar-refractivity contribution >= 4 is 62.0 Å². The molecule has 1 unspecified atom stereocenters. The van der Waals surface area contributed by atoms with Crippen molar-refractivity contribution in [3.63, 3.8) is 0 Å². The van der Waals surface area contributed by atoms with E-state index in [0.717, 1.165) is 25.4 Å². The number of carbonyl (C=O) groups excluding carboxylic acids is 4.